The van der Waals surface area contributed by atoms with Crippen molar-refractivity contribution in [3.05, 3.63) is 59.7 Å². The lowest BCUT2D eigenvalue weighted by molar-refractivity contribution is -0.148. The normalized spacial score (nSPS) is 17.0. The van der Waals surface area contributed by atoms with Crippen molar-refractivity contribution in [1.82, 2.24) is 0 Å². The maximum atomic E-state index is 12.6. The van der Waals surface area contributed by atoms with E-state index in [9.17, 15) is 14.4 Å². The maximum absolute atomic E-state index is 12.6. The third kappa shape index (κ3) is 3.15. The summed E-state index contributed by atoms with van der Waals surface area (Å²) in [6.45, 7) is 3.78. The average Bonchev–Trinajstić information content (AvgIpc) is 2.99. The summed E-state index contributed by atoms with van der Waals surface area (Å²) in [4.78, 5) is 40.5. The highest BCUT2D eigenvalue weighted by atomic mass is 16.5. The van der Waals surface area contributed by atoms with Crippen LogP contribution >= 0.6 is 0 Å². The van der Waals surface area contributed by atoms with Gasteiger partial charge in [-0.1, -0.05) is 12.1 Å². The Morgan fingerprint density at radius 2 is 1.46 bits per heavy atom. The first kappa shape index (κ1) is 18.2. The van der Waals surface area contributed by atoms with Crippen molar-refractivity contribution in [3.8, 4) is 0 Å². The zero-order chi connectivity index (χ0) is 19.7. The highest BCUT2D eigenvalue weighted by Crippen LogP contribution is 2.31. The van der Waals surface area contributed by atoms with Crippen molar-refractivity contribution in [2.24, 2.45) is 5.92 Å². The van der Waals surface area contributed by atoms with Gasteiger partial charge >= 0.3 is 5.97 Å². The van der Waals surface area contributed by atoms with Crippen molar-refractivity contribution in [2.45, 2.75) is 19.8 Å². The second-order valence-electron chi connectivity index (χ2n) is 7.02. The van der Waals surface area contributed by atoms with Gasteiger partial charge in [-0.15, -0.1) is 0 Å². The van der Waals surface area contributed by atoms with Gasteiger partial charge in [-0.25, -0.2) is 4.90 Å². The number of hydrogen-bond donors (Lipinski definition) is 0. The fraction of sp³-hybridized carbons (Fsp3) is 0.318. The number of amides is 2. The number of rotatable bonds is 4. The van der Waals surface area contributed by atoms with Crippen molar-refractivity contribution in [2.75, 3.05) is 29.5 Å². The number of hydrogen-bond acceptors (Lipinski definition) is 5. The summed E-state index contributed by atoms with van der Waals surface area (Å²) >= 11 is 0. The van der Waals surface area contributed by atoms with Gasteiger partial charge in [0.15, 0.2) is 0 Å². The smallest absolute Gasteiger partial charge is 0.309 e. The number of esters is 1. The van der Waals surface area contributed by atoms with Gasteiger partial charge in [0, 0.05) is 18.8 Å². The maximum Gasteiger partial charge on any atom is 0.309 e. The minimum Gasteiger partial charge on any atom is -0.466 e. The Kier molecular flexibility index (Phi) is 4.86. The molecule has 0 bridgehead atoms. The van der Waals surface area contributed by atoms with Gasteiger partial charge in [0.2, 0.25) is 0 Å². The molecule has 0 unspecified atom stereocenters. The summed E-state index contributed by atoms with van der Waals surface area (Å²) in [5.74, 6) is -0.718. The Morgan fingerprint density at radius 1 is 0.929 bits per heavy atom. The third-order valence-corrected chi connectivity index (χ3v) is 5.38. The van der Waals surface area contributed by atoms with Gasteiger partial charge in [-0.3, -0.25) is 14.4 Å². The molecule has 1 fully saturated rings. The Balaban J connectivity index is 1.45. The van der Waals surface area contributed by atoms with Crippen molar-refractivity contribution >= 4 is 29.2 Å². The summed E-state index contributed by atoms with van der Waals surface area (Å²) < 4.78 is 5.11. The van der Waals surface area contributed by atoms with Crippen LogP contribution in [0.5, 0.6) is 0 Å². The standard InChI is InChI=1S/C22H22N2O4/c1-2-28-22(27)15-11-13-23(14-12-15)16-7-9-17(10-8-16)24-20(25)18-5-3-4-6-19(18)21(24)26/h3-10,15H,2,11-14H2,1H3. The van der Waals surface area contributed by atoms with Crippen LogP contribution in [0.3, 0.4) is 0 Å². The van der Waals surface area contributed by atoms with Gasteiger partial charge in [-0.05, 0) is 56.2 Å². The van der Waals surface area contributed by atoms with Crippen LogP contribution in [-0.4, -0.2) is 37.5 Å². The molecule has 2 aliphatic heterocycles. The SMILES string of the molecule is CCOC(=O)C1CCN(c2ccc(N3C(=O)c4ccccc4C3=O)cc2)CC1. The lowest BCUT2D eigenvalue weighted by Gasteiger charge is -2.32. The molecular weight excluding hydrogens is 356 g/mol. The Hall–Kier alpha value is -3.15. The van der Waals surface area contributed by atoms with E-state index in [1.165, 1.54) is 4.90 Å². The van der Waals surface area contributed by atoms with Crippen LogP contribution in [0, 0.1) is 5.92 Å². The molecule has 2 aromatic carbocycles. The minimum atomic E-state index is -0.288. The molecule has 0 radical (unpaired) electrons. The minimum absolute atomic E-state index is 0.0335. The van der Waals surface area contributed by atoms with Gasteiger partial charge in [0.1, 0.15) is 0 Å². The molecule has 1 saturated heterocycles. The first-order valence-electron chi connectivity index (χ1n) is 9.59. The van der Waals surface area contributed by atoms with E-state index >= 15 is 0 Å². The van der Waals surface area contributed by atoms with E-state index in [0.29, 0.717) is 23.4 Å². The van der Waals surface area contributed by atoms with E-state index in [0.717, 1.165) is 31.6 Å². The molecule has 0 N–H and O–H groups in total. The monoisotopic (exact) mass is 378 g/mol. The second-order valence-corrected chi connectivity index (χ2v) is 7.02. The van der Waals surface area contributed by atoms with Crippen LogP contribution in [0.4, 0.5) is 11.4 Å². The Bertz CT molecular complexity index is 879. The highest BCUT2D eigenvalue weighted by molar-refractivity contribution is 6.34. The van der Waals surface area contributed by atoms with E-state index in [1.807, 2.05) is 19.1 Å². The molecule has 0 aromatic heterocycles. The van der Waals surface area contributed by atoms with Gasteiger partial charge in [0.25, 0.3) is 11.8 Å². The zero-order valence-electron chi connectivity index (χ0n) is 15.8. The van der Waals surface area contributed by atoms with E-state index in [-0.39, 0.29) is 23.7 Å². The van der Waals surface area contributed by atoms with Crippen molar-refractivity contribution in [3.63, 3.8) is 0 Å². The molecule has 6 nitrogen and oxygen atoms in total. The molecule has 144 valence electrons. The average molecular weight is 378 g/mol. The largest absolute Gasteiger partial charge is 0.466 e. The van der Waals surface area contributed by atoms with Crippen LogP contribution in [-0.2, 0) is 9.53 Å². The van der Waals surface area contributed by atoms with E-state index in [2.05, 4.69) is 4.90 Å². The number of piperidine rings is 1. The fourth-order valence-electron chi connectivity index (χ4n) is 3.87. The predicted octanol–water partition coefficient (Wildman–Crippen LogP) is 3.27. The van der Waals surface area contributed by atoms with E-state index in [1.54, 1.807) is 36.4 Å². The number of anilines is 2. The second kappa shape index (κ2) is 7.46. The fourth-order valence-corrected chi connectivity index (χ4v) is 3.87. The van der Waals surface area contributed by atoms with Crippen LogP contribution in [0.1, 0.15) is 40.5 Å². The molecule has 0 saturated carbocycles. The molecule has 0 atom stereocenters. The highest BCUT2D eigenvalue weighted by Gasteiger charge is 2.36. The van der Waals surface area contributed by atoms with Gasteiger partial charge in [-0.2, -0.15) is 0 Å². The topological polar surface area (TPSA) is 66.9 Å². The molecule has 28 heavy (non-hydrogen) atoms. The van der Waals surface area contributed by atoms with Gasteiger partial charge in [0.05, 0.1) is 29.3 Å². The van der Waals surface area contributed by atoms with Crippen LogP contribution < -0.4 is 9.80 Å². The summed E-state index contributed by atoms with van der Waals surface area (Å²) in [6.07, 6.45) is 1.53. The van der Waals surface area contributed by atoms with E-state index < -0.39 is 0 Å². The molecule has 0 spiro atoms. The predicted molar refractivity (Wildman–Crippen MR) is 106 cm³/mol. The first-order valence-corrected chi connectivity index (χ1v) is 9.59. The molecule has 2 heterocycles. The molecule has 4 rings (SSSR count). The molecule has 2 aromatic rings. The Labute approximate surface area is 163 Å². The molecule has 6 heteroatoms. The number of nitrogens with zero attached hydrogens (tertiary/aromatic N) is 2. The molecule has 2 amide bonds. The number of benzene rings is 2. The first-order chi connectivity index (χ1) is 13.6. The van der Waals surface area contributed by atoms with E-state index in [4.69, 9.17) is 4.74 Å². The summed E-state index contributed by atoms with van der Waals surface area (Å²) in [7, 11) is 0. The molecule has 0 aliphatic carbocycles. The number of ether oxygens (including phenoxy) is 1. The number of imide groups is 1. The number of fused-ring (bicyclic) bond motifs is 1. The number of carbonyl (C=O) groups excluding carboxylic acids is 3. The Morgan fingerprint density at radius 3 is 2.00 bits per heavy atom. The van der Waals surface area contributed by atoms with Crippen molar-refractivity contribution in [1.29, 1.82) is 0 Å². The van der Waals surface area contributed by atoms with Crippen LogP contribution in [0.2, 0.25) is 0 Å². The summed E-state index contributed by atoms with van der Waals surface area (Å²) in [5.41, 5.74) is 2.47. The number of carbonyl (C=O) groups is 3. The summed E-state index contributed by atoms with van der Waals surface area (Å²) in [5, 5.41) is 0. The lowest BCUT2D eigenvalue weighted by Crippen LogP contribution is -2.37. The third-order valence-electron chi connectivity index (χ3n) is 5.38. The molecule has 2 aliphatic rings. The lowest BCUT2D eigenvalue weighted by atomic mass is 9.96. The molecular formula is C22H22N2O4. The van der Waals surface area contributed by atoms with Crippen molar-refractivity contribution < 1.29 is 19.1 Å². The zero-order valence-corrected chi connectivity index (χ0v) is 15.8. The van der Waals surface area contributed by atoms with Crippen LogP contribution in [0.15, 0.2) is 48.5 Å². The quantitative estimate of drug-likeness (QED) is 0.603. The summed E-state index contributed by atoms with van der Waals surface area (Å²) in [6, 6.07) is 14.3. The van der Waals surface area contributed by atoms with Gasteiger partial charge < -0.3 is 9.64 Å². The van der Waals surface area contributed by atoms with Crippen LogP contribution in [0.25, 0.3) is 0 Å².